The number of phenols is 1. The molecule has 2 aromatic rings. The lowest BCUT2D eigenvalue weighted by molar-refractivity contribution is -0.274. The van der Waals surface area contributed by atoms with Gasteiger partial charge in [0.05, 0.1) is 5.75 Å². The van der Waals surface area contributed by atoms with Crippen LogP contribution in [0.3, 0.4) is 0 Å². The Morgan fingerprint density at radius 3 is 1.85 bits per heavy atom. The van der Waals surface area contributed by atoms with Crippen molar-refractivity contribution in [3.63, 3.8) is 0 Å². The Hall–Kier alpha value is -2.99. The highest BCUT2D eigenvalue weighted by Crippen LogP contribution is 2.40. The summed E-state index contributed by atoms with van der Waals surface area (Å²) in [5, 5.41) is 20.4. The van der Waals surface area contributed by atoms with Crippen LogP contribution in [0.25, 0.3) is 6.08 Å². The van der Waals surface area contributed by atoms with Gasteiger partial charge in [0.2, 0.25) is 0 Å². The molecule has 9 heteroatoms. The van der Waals surface area contributed by atoms with Gasteiger partial charge in [0.1, 0.15) is 22.5 Å². The van der Waals surface area contributed by atoms with Crippen LogP contribution in [-0.4, -0.2) is 19.9 Å². The summed E-state index contributed by atoms with van der Waals surface area (Å²) in [4.78, 5) is -0.492. The molecule has 0 aliphatic rings. The van der Waals surface area contributed by atoms with Crippen LogP contribution in [0.1, 0.15) is 63.8 Å². The third-order valence-electron chi connectivity index (χ3n) is 5.00. The first-order valence-corrected chi connectivity index (χ1v) is 12.1. The first-order valence-electron chi connectivity index (χ1n) is 10.4. The monoisotopic (exact) mass is 495 g/mol. The van der Waals surface area contributed by atoms with Gasteiger partial charge in [0, 0.05) is 11.1 Å². The van der Waals surface area contributed by atoms with Crippen molar-refractivity contribution in [3.05, 3.63) is 63.6 Å². The van der Waals surface area contributed by atoms with E-state index < -0.39 is 43.4 Å². The van der Waals surface area contributed by atoms with Gasteiger partial charge in [-0.2, -0.15) is 5.26 Å². The fraction of sp³-hybridized carbons (Fsp3) is 0.400. The van der Waals surface area contributed by atoms with E-state index in [0.717, 1.165) is 12.1 Å². The van der Waals surface area contributed by atoms with Gasteiger partial charge in [-0.3, -0.25) is 0 Å². The zero-order valence-corrected chi connectivity index (χ0v) is 20.7. The number of aromatic hydroxyl groups is 1. The number of halogens is 3. The minimum Gasteiger partial charge on any atom is -0.507 e. The van der Waals surface area contributed by atoms with Crippen LogP contribution >= 0.6 is 0 Å². The Balaban J connectivity index is 2.48. The molecule has 0 bridgehead atoms. The number of phenolic OH excluding ortho intramolecular Hbond substituents is 1. The molecule has 2 rings (SSSR count). The maximum atomic E-state index is 12.9. The summed E-state index contributed by atoms with van der Waals surface area (Å²) in [5.74, 6) is -0.924. The van der Waals surface area contributed by atoms with Crippen molar-refractivity contribution in [3.8, 4) is 17.6 Å². The average Bonchev–Trinajstić information content (AvgIpc) is 2.65. The summed E-state index contributed by atoms with van der Waals surface area (Å²) in [5.41, 5.74) is 0.982. The van der Waals surface area contributed by atoms with E-state index in [2.05, 4.69) is 4.74 Å². The van der Waals surface area contributed by atoms with E-state index in [1.165, 1.54) is 18.2 Å². The number of ether oxygens (including phenoxy) is 1. The van der Waals surface area contributed by atoms with Crippen LogP contribution < -0.4 is 4.74 Å². The summed E-state index contributed by atoms with van der Waals surface area (Å²) in [6.07, 6.45) is -3.60. The van der Waals surface area contributed by atoms with Crippen molar-refractivity contribution in [1.82, 2.24) is 0 Å². The lowest BCUT2D eigenvalue weighted by atomic mass is 9.78. The Labute approximate surface area is 198 Å². The third-order valence-corrected chi connectivity index (χ3v) is 6.60. The molecule has 184 valence electrons. The number of nitrogens with zero attached hydrogens (tertiary/aromatic N) is 1. The van der Waals surface area contributed by atoms with Crippen LogP contribution in [0.2, 0.25) is 0 Å². The molecule has 34 heavy (non-hydrogen) atoms. The van der Waals surface area contributed by atoms with E-state index in [9.17, 15) is 32.0 Å². The van der Waals surface area contributed by atoms with Gasteiger partial charge in [-0.25, -0.2) is 8.42 Å². The Morgan fingerprint density at radius 1 is 1.00 bits per heavy atom. The van der Waals surface area contributed by atoms with Crippen LogP contribution in [-0.2, 0) is 26.4 Å². The van der Waals surface area contributed by atoms with Crippen molar-refractivity contribution in [2.45, 2.75) is 64.5 Å². The molecule has 0 spiro atoms. The number of hydrogen-bond acceptors (Lipinski definition) is 5. The van der Waals surface area contributed by atoms with Crippen molar-refractivity contribution in [2.75, 3.05) is 0 Å². The summed E-state index contributed by atoms with van der Waals surface area (Å²) < 4.78 is 66.6. The van der Waals surface area contributed by atoms with Crippen molar-refractivity contribution >= 4 is 15.9 Å². The number of nitriles is 1. The topological polar surface area (TPSA) is 87.4 Å². The molecular weight excluding hydrogens is 467 g/mol. The van der Waals surface area contributed by atoms with Gasteiger partial charge in [-0.05, 0) is 52.3 Å². The molecule has 5 nitrogen and oxygen atoms in total. The van der Waals surface area contributed by atoms with Gasteiger partial charge < -0.3 is 9.84 Å². The highest BCUT2D eigenvalue weighted by Gasteiger charge is 2.31. The molecular formula is C25H28F3NO4S. The minimum atomic E-state index is -4.85. The SMILES string of the molecule is CC(C)(C)c1cc(C=C(C#N)S(=O)(=O)Cc2ccc(OC(F)(F)F)cc2)cc(C(C)(C)C)c1O. The summed E-state index contributed by atoms with van der Waals surface area (Å²) in [6.45, 7) is 11.5. The highest BCUT2D eigenvalue weighted by molar-refractivity contribution is 7.95. The van der Waals surface area contributed by atoms with Gasteiger partial charge in [-0.15, -0.1) is 13.2 Å². The van der Waals surface area contributed by atoms with Gasteiger partial charge in [-0.1, -0.05) is 53.7 Å². The number of alkyl halides is 3. The number of sulfone groups is 1. The normalized spacial score (nSPS) is 13.5. The minimum absolute atomic E-state index is 0.125. The fourth-order valence-corrected chi connectivity index (χ4v) is 4.55. The van der Waals surface area contributed by atoms with Gasteiger partial charge in [0.25, 0.3) is 0 Å². The quantitative estimate of drug-likeness (QED) is 0.487. The Morgan fingerprint density at radius 2 is 1.47 bits per heavy atom. The predicted molar refractivity (Wildman–Crippen MR) is 125 cm³/mol. The van der Waals surface area contributed by atoms with Crippen molar-refractivity contribution in [2.24, 2.45) is 0 Å². The maximum Gasteiger partial charge on any atom is 0.573 e. The smallest absolute Gasteiger partial charge is 0.507 e. The molecule has 0 aliphatic heterocycles. The van der Waals surface area contributed by atoms with Gasteiger partial charge >= 0.3 is 6.36 Å². The third kappa shape index (κ3) is 7.00. The van der Waals surface area contributed by atoms with Crippen molar-refractivity contribution < 1.29 is 31.4 Å². The second-order valence-corrected chi connectivity index (χ2v) is 12.0. The zero-order valence-electron chi connectivity index (χ0n) is 19.9. The van der Waals surface area contributed by atoms with E-state index in [0.29, 0.717) is 16.7 Å². The first kappa shape index (κ1) is 27.3. The molecule has 0 saturated heterocycles. The van der Waals surface area contributed by atoms with E-state index in [1.807, 2.05) is 41.5 Å². The Bertz CT molecular complexity index is 1190. The number of hydrogen-bond donors (Lipinski definition) is 1. The summed E-state index contributed by atoms with van der Waals surface area (Å²) in [7, 11) is -4.10. The highest BCUT2D eigenvalue weighted by atomic mass is 32.2. The van der Waals surface area contributed by atoms with Crippen LogP contribution in [0.15, 0.2) is 41.3 Å². The standard InChI is InChI=1S/C25H28F3NO4S/c1-23(2,3)20-12-17(13-21(22(20)30)24(4,5)6)11-19(14-29)34(31,32)15-16-7-9-18(10-8-16)33-25(26,27)28/h7-13,30H,15H2,1-6H3. The molecule has 0 aliphatic carbocycles. The van der Waals surface area contributed by atoms with Gasteiger partial charge in [0.15, 0.2) is 9.84 Å². The number of allylic oxidation sites excluding steroid dienone is 1. The number of rotatable bonds is 5. The second kappa shape index (κ2) is 9.34. The molecule has 0 saturated carbocycles. The number of benzene rings is 2. The largest absolute Gasteiger partial charge is 0.573 e. The molecule has 0 atom stereocenters. The molecule has 0 radical (unpaired) electrons. The maximum absolute atomic E-state index is 12.9. The Kier molecular flexibility index (Phi) is 7.48. The van der Waals surface area contributed by atoms with Crippen LogP contribution in [0, 0.1) is 11.3 Å². The van der Waals surface area contributed by atoms with E-state index in [1.54, 1.807) is 18.2 Å². The summed E-state index contributed by atoms with van der Waals surface area (Å²) in [6, 6.07) is 9.45. The molecule has 0 unspecified atom stereocenters. The molecule has 0 fully saturated rings. The molecule has 1 N–H and O–H groups in total. The molecule has 0 aromatic heterocycles. The summed E-state index contributed by atoms with van der Waals surface area (Å²) >= 11 is 0. The zero-order chi connectivity index (χ0) is 26.1. The van der Waals surface area contributed by atoms with E-state index in [-0.39, 0.29) is 11.3 Å². The van der Waals surface area contributed by atoms with Crippen LogP contribution in [0.4, 0.5) is 13.2 Å². The molecule has 0 heterocycles. The first-order chi connectivity index (χ1) is 15.3. The molecule has 2 aromatic carbocycles. The lowest BCUT2D eigenvalue weighted by Gasteiger charge is -2.28. The predicted octanol–water partition coefficient (Wildman–Crippen LogP) is 6.37. The van der Waals surface area contributed by atoms with E-state index in [4.69, 9.17) is 0 Å². The second-order valence-electron chi connectivity index (χ2n) is 10.0. The lowest BCUT2D eigenvalue weighted by Crippen LogP contribution is -2.17. The average molecular weight is 496 g/mol. The van der Waals surface area contributed by atoms with Crippen molar-refractivity contribution in [1.29, 1.82) is 5.26 Å². The fourth-order valence-electron chi connectivity index (χ4n) is 3.31. The van der Waals surface area contributed by atoms with E-state index >= 15 is 0 Å². The molecule has 0 amide bonds. The van der Waals surface area contributed by atoms with Crippen LogP contribution in [0.5, 0.6) is 11.5 Å².